The molecule has 0 bridgehead atoms. The van der Waals surface area contributed by atoms with Gasteiger partial charge in [-0.15, -0.1) is 0 Å². The number of hydrogen-bond donors (Lipinski definition) is 0. The Morgan fingerprint density at radius 1 is 1.67 bits per heavy atom. The molecular formula is C7H7FN. The topological polar surface area (TPSA) is 12.9 Å². The largest absolute Gasteiger partial charge is 0.228 e. The van der Waals surface area contributed by atoms with E-state index in [1.807, 2.05) is 0 Å². The molecule has 1 rings (SSSR count). The molecule has 1 nitrogen and oxygen atoms in total. The molecule has 1 radical (unpaired) electrons. The van der Waals surface area contributed by atoms with Crippen molar-refractivity contribution in [2.24, 2.45) is 0 Å². The summed E-state index contributed by atoms with van der Waals surface area (Å²) in [6.07, 6.45) is 1.88. The van der Waals surface area contributed by atoms with Gasteiger partial charge < -0.3 is 0 Å². The second-order valence-corrected chi connectivity index (χ2v) is 1.70. The highest BCUT2D eigenvalue weighted by Gasteiger charge is 1.95. The quantitative estimate of drug-likeness (QED) is 0.518. The van der Waals surface area contributed by atoms with Crippen LogP contribution in [-0.2, 0) is 6.42 Å². The third-order valence-electron chi connectivity index (χ3n) is 1.11. The van der Waals surface area contributed by atoms with Crippen molar-refractivity contribution in [3.63, 3.8) is 0 Å². The maximum atomic E-state index is 12.4. The number of hydrogen-bond acceptors (Lipinski definition) is 1. The van der Waals surface area contributed by atoms with Crippen molar-refractivity contribution in [2.45, 2.75) is 6.42 Å². The van der Waals surface area contributed by atoms with E-state index in [1.165, 1.54) is 6.20 Å². The maximum Gasteiger partial charge on any atom is 0.216 e. The minimum atomic E-state index is -0.410. The second kappa shape index (κ2) is 2.58. The van der Waals surface area contributed by atoms with Gasteiger partial charge in [-0.2, -0.15) is 4.39 Å². The molecule has 0 N–H and O–H groups in total. The number of aromatic nitrogens is 1. The molecule has 2 heteroatoms. The van der Waals surface area contributed by atoms with Gasteiger partial charge >= 0.3 is 0 Å². The first-order valence-corrected chi connectivity index (χ1v) is 2.73. The van der Waals surface area contributed by atoms with Gasteiger partial charge in [0.2, 0.25) is 5.95 Å². The lowest BCUT2D eigenvalue weighted by molar-refractivity contribution is 0.571. The van der Waals surface area contributed by atoms with Gasteiger partial charge in [0.25, 0.3) is 0 Å². The molecule has 0 saturated carbocycles. The highest BCUT2D eigenvalue weighted by Crippen LogP contribution is 2.01. The Balaban J connectivity index is 3.01. The summed E-state index contributed by atoms with van der Waals surface area (Å²) >= 11 is 0. The van der Waals surface area contributed by atoms with Gasteiger partial charge in [0.05, 0.1) is 0 Å². The predicted octanol–water partition coefficient (Wildman–Crippen LogP) is 1.60. The van der Waals surface area contributed by atoms with E-state index in [4.69, 9.17) is 0 Å². The monoisotopic (exact) mass is 124 g/mol. The van der Waals surface area contributed by atoms with E-state index < -0.39 is 5.95 Å². The van der Waals surface area contributed by atoms with Crippen molar-refractivity contribution in [1.29, 1.82) is 0 Å². The lowest BCUT2D eigenvalue weighted by Gasteiger charge is -1.93. The lowest BCUT2D eigenvalue weighted by atomic mass is 10.2. The second-order valence-electron chi connectivity index (χ2n) is 1.70. The molecule has 47 valence electrons. The van der Waals surface area contributed by atoms with Crippen LogP contribution in [0.2, 0.25) is 0 Å². The van der Waals surface area contributed by atoms with Gasteiger partial charge in [-0.3, -0.25) is 0 Å². The van der Waals surface area contributed by atoms with Crippen LogP contribution in [-0.4, -0.2) is 4.98 Å². The molecule has 0 aliphatic carbocycles. The third-order valence-corrected chi connectivity index (χ3v) is 1.11. The maximum absolute atomic E-state index is 12.4. The van der Waals surface area contributed by atoms with Crippen molar-refractivity contribution in [2.75, 3.05) is 0 Å². The Bertz CT molecular complexity index is 198. The smallest absolute Gasteiger partial charge is 0.216 e. The molecule has 0 amide bonds. The number of pyridine rings is 1. The van der Waals surface area contributed by atoms with Gasteiger partial charge in [-0.1, -0.05) is 6.07 Å². The molecule has 9 heavy (non-hydrogen) atoms. The summed E-state index contributed by atoms with van der Waals surface area (Å²) in [7, 11) is 0. The highest BCUT2D eigenvalue weighted by atomic mass is 19.1. The van der Waals surface area contributed by atoms with E-state index in [0.29, 0.717) is 12.0 Å². The van der Waals surface area contributed by atoms with Crippen LogP contribution in [0.5, 0.6) is 0 Å². The van der Waals surface area contributed by atoms with Gasteiger partial charge in [-0.25, -0.2) is 4.98 Å². The molecule has 1 aromatic rings. The normalized spacial score (nSPS) is 9.56. The van der Waals surface area contributed by atoms with Gasteiger partial charge in [0.1, 0.15) is 0 Å². The van der Waals surface area contributed by atoms with Crippen molar-refractivity contribution in [1.82, 2.24) is 4.98 Å². The minimum absolute atomic E-state index is 0.410. The average molecular weight is 124 g/mol. The van der Waals surface area contributed by atoms with E-state index >= 15 is 0 Å². The van der Waals surface area contributed by atoms with Crippen LogP contribution in [0.25, 0.3) is 0 Å². The Kier molecular flexibility index (Phi) is 1.78. The van der Waals surface area contributed by atoms with Crippen LogP contribution < -0.4 is 0 Å². The molecule has 1 heterocycles. The van der Waals surface area contributed by atoms with Crippen LogP contribution in [0.1, 0.15) is 5.56 Å². The first kappa shape index (κ1) is 6.20. The van der Waals surface area contributed by atoms with Crippen LogP contribution in [0.3, 0.4) is 0 Å². The lowest BCUT2D eigenvalue weighted by Crippen LogP contribution is -1.89. The first-order chi connectivity index (χ1) is 4.34. The number of rotatable bonds is 1. The summed E-state index contributed by atoms with van der Waals surface area (Å²) in [4.78, 5) is 3.44. The van der Waals surface area contributed by atoms with Crippen LogP contribution in [0, 0.1) is 12.9 Å². The summed E-state index contributed by atoms with van der Waals surface area (Å²) < 4.78 is 12.4. The summed E-state index contributed by atoms with van der Waals surface area (Å²) in [5.74, 6) is -0.410. The molecule has 0 unspecified atom stereocenters. The molecular weight excluding hydrogens is 117 g/mol. The van der Waals surface area contributed by atoms with Gasteiger partial charge in [0, 0.05) is 11.8 Å². The Hall–Kier alpha value is -0.920. The zero-order chi connectivity index (χ0) is 6.69. The molecule has 0 fully saturated rings. The zero-order valence-electron chi connectivity index (χ0n) is 4.97. The van der Waals surface area contributed by atoms with Crippen LogP contribution >= 0.6 is 0 Å². The Morgan fingerprint density at radius 2 is 2.44 bits per heavy atom. The fraction of sp³-hybridized carbons (Fsp3) is 0.143. The highest BCUT2D eigenvalue weighted by molar-refractivity contribution is 5.10. The predicted molar refractivity (Wildman–Crippen MR) is 33.3 cm³/mol. The fourth-order valence-corrected chi connectivity index (χ4v) is 0.606. The number of halogens is 1. The summed E-state index contributed by atoms with van der Waals surface area (Å²) in [5, 5.41) is 0. The van der Waals surface area contributed by atoms with E-state index in [9.17, 15) is 4.39 Å². The molecule has 0 saturated heterocycles. The zero-order valence-corrected chi connectivity index (χ0v) is 4.97. The summed E-state index contributed by atoms with van der Waals surface area (Å²) in [5.41, 5.74) is 0.567. The summed E-state index contributed by atoms with van der Waals surface area (Å²) in [6.45, 7) is 3.54. The SMILES string of the molecule is [CH2]Cc1cccnc1F. The standard InChI is InChI=1S/C7H7FN/c1-2-6-4-3-5-9-7(6)8/h3-5H,1-2H2. The molecule has 0 atom stereocenters. The van der Waals surface area contributed by atoms with Crippen molar-refractivity contribution in [3.05, 3.63) is 36.8 Å². The van der Waals surface area contributed by atoms with E-state index in [-0.39, 0.29) is 0 Å². The molecule has 0 aliphatic heterocycles. The van der Waals surface area contributed by atoms with Crippen LogP contribution in [0.4, 0.5) is 4.39 Å². The van der Waals surface area contributed by atoms with E-state index in [0.717, 1.165) is 0 Å². The Labute approximate surface area is 53.5 Å². The number of nitrogens with zero attached hydrogens (tertiary/aromatic N) is 1. The first-order valence-electron chi connectivity index (χ1n) is 2.73. The van der Waals surface area contributed by atoms with Gasteiger partial charge in [0.15, 0.2) is 0 Å². The van der Waals surface area contributed by atoms with Crippen LogP contribution in [0.15, 0.2) is 18.3 Å². The Morgan fingerprint density at radius 3 is 2.89 bits per heavy atom. The third kappa shape index (κ3) is 1.25. The van der Waals surface area contributed by atoms with E-state index in [2.05, 4.69) is 11.9 Å². The van der Waals surface area contributed by atoms with Gasteiger partial charge in [-0.05, 0) is 19.4 Å². The average Bonchev–Trinajstić information content (AvgIpc) is 1.89. The van der Waals surface area contributed by atoms with Crippen molar-refractivity contribution < 1.29 is 4.39 Å². The van der Waals surface area contributed by atoms with Crippen molar-refractivity contribution >= 4 is 0 Å². The molecule has 0 spiro atoms. The molecule has 0 aromatic carbocycles. The fourth-order valence-electron chi connectivity index (χ4n) is 0.606. The minimum Gasteiger partial charge on any atom is -0.228 e. The molecule has 0 aliphatic rings. The van der Waals surface area contributed by atoms with Crippen molar-refractivity contribution in [3.8, 4) is 0 Å². The van der Waals surface area contributed by atoms with E-state index in [1.54, 1.807) is 12.1 Å². The molecule has 1 aromatic heterocycles. The summed E-state index contributed by atoms with van der Waals surface area (Å²) in [6, 6.07) is 3.37.